The van der Waals surface area contributed by atoms with Crippen molar-refractivity contribution in [2.45, 2.75) is 89.7 Å². The van der Waals surface area contributed by atoms with E-state index in [4.69, 9.17) is 23.7 Å². The summed E-state index contributed by atoms with van der Waals surface area (Å²) in [5.41, 5.74) is -0.720. The van der Waals surface area contributed by atoms with Gasteiger partial charge in [-0.15, -0.1) is 0 Å². The van der Waals surface area contributed by atoms with Crippen LogP contribution in [-0.2, 0) is 23.7 Å². The molecular weight excluding hydrogens is 312 g/mol. The van der Waals surface area contributed by atoms with Gasteiger partial charge in [0.25, 0.3) is 0 Å². The Kier molecular flexibility index (Phi) is 7.46. The molecule has 0 saturated carbocycles. The van der Waals surface area contributed by atoms with Crippen LogP contribution in [0.4, 0.5) is 0 Å². The van der Waals surface area contributed by atoms with Gasteiger partial charge in [-0.05, 0) is 26.7 Å². The molecule has 6 heteroatoms. The minimum atomic E-state index is -0.720. The molecule has 24 heavy (non-hydrogen) atoms. The Bertz CT molecular complexity index is 375. The minimum absolute atomic E-state index is 0.00755. The van der Waals surface area contributed by atoms with Gasteiger partial charge < -0.3 is 28.8 Å². The first-order chi connectivity index (χ1) is 11.5. The Labute approximate surface area is 145 Å². The van der Waals surface area contributed by atoms with Gasteiger partial charge in [-0.1, -0.05) is 26.7 Å². The van der Waals surface area contributed by atoms with Gasteiger partial charge in [0.15, 0.2) is 12.1 Å². The first-order valence-corrected chi connectivity index (χ1v) is 9.31. The Hall–Kier alpha value is -0.240. The topological polar surface area (TPSA) is 66.4 Å². The molecule has 6 nitrogen and oxygen atoms in total. The molecule has 2 fully saturated rings. The summed E-state index contributed by atoms with van der Waals surface area (Å²) in [5.74, 6) is -0.684. The predicted molar refractivity (Wildman–Crippen MR) is 89.7 cm³/mol. The van der Waals surface area contributed by atoms with E-state index in [1.807, 2.05) is 13.8 Å². The lowest BCUT2D eigenvalue weighted by Gasteiger charge is -2.36. The molecule has 4 atom stereocenters. The number of aliphatic hydroxyl groups is 1. The summed E-state index contributed by atoms with van der Waals surface area (Å²) in [7, 11) is 0. The quantitative estimate of drug-likeness (QED) is 0.580. The van der Waals surface area contributed by atoms with Crippen LogP contribution in [0.2, 0.25) is 0 Å². The zero-order valence-electron chi connectivity index (χ0n) is 15.6. The molecule has 2 aliphatic rings. The summed E-state index contributed by atoms with van der Waals surface area (Å²) in [4.78, 5) is 0. The van der Waals surface area contributed by atoms with Crippen LogP contribution in [0.25, 0.3) is 0 Å². The van der Waals surface area contributed by atoms with Gasteiger partial charge in [-0.25, -0.2) is 0 Å². The summed E-state index contributed by atoms with van der Waals surface area (Å²) in [6.07, 6.45) is 3.49. The molecule has 0 aliphatic carbocycles. The molecule has 0 aromatic rings. The van der Waals surface area contributed by atoms with Crippen molar-refractivity contribution in [2.75, 3.05) is 26.4 Å². The predicted octanol–water partition coefficient (Wildman–Crippen LogP) is 2.62. The minimum Gasteiger partial charge on any atom is -0.396 e. The number of aliphatic hydroxyl groups excluding tert-OH is 1. The third-order valence-electron chi connectivity index (χ3n) is 4.57. The second kappa shape index (κ2) is 8.92. The molecule has 2 aliphatic heterocycles. The van der Waals surface area contributed by atoms with Gasteiger partial charge >= 0.3 is 0 Å². The van der Waals surface area contributed by atoms with E-state index in [1.165, 1.54) is 0 Å². The number of hydrogen-bond acceptors (Lipinski definition) is 6. The van der Waals surface area contributed by atoms with Gasteiger partial charge in [0, 0.05) is 26.2 Å². The molecule has 0 bridgehead atoms. The van der Waals surface area contributed by atoms with Crippen LogP contribution < -0.4 is 0 Å². The highest BCUT2D eigenvalue weighted by Crippen LogP contribution is 2.45. The highest BCUT2D eigenvalue weighted by atomic mass is 16.8. The SMILES string of the molecule is CCCCOC[C@@]1(CCO)O[C@@H]2OC(C)(C)OC2C1OCCCC. The molecule has 2 heterocycles. The van der Waals surface area contributed by atoms with E-state index in [0.29, 0.717) is 26.2 Å². The van der Waals surface area contributed by atoms with Crippen LogP contribution in [-0.4, -0.2) is 61.4 Å². The molecule has 0 radical (unpaired) electrons. The van der Waals surface area contributed by atoms with Crippen LogP contribution >= 0.6 is 0 Å². The lowest BCUT2D eigenvalue weighted by Crippen LogP contribution is -2.50. The third kappa shape index (κ3) is 4.68. The highest BCUT2D eigenvalue weighted by Gasteiger charge is 2.62. The first-order valence-electron chi connectivity index (χ1n) is 9.31. The zero-order valence-corrected chi connectivity index (χ0v) is 15.6. The Morgan fingerprint density at radius 1 is 1.00 bits per heavy atom. The van der Waals surface area contributed by atoms with Crippen LogP contribution in [0.5, 0.6) is 0 Å². The summed E-state index contributed by atoms with van der Waals surface area (Å²) in [6, 6.07) is 0. The molecule has 2 unspecified atom stereocenters. The molecule has 0 spiro atoms. The lowest BCUT2D eigenvalue weighted by molar-refractivity contribution is -0.255. The fourth-order valence-corrected chi connectivity index (χ4v) is 3.32. The van der Waals surface area contributed by atoms with Gasteiger partial charge in [0.05, 0.1) is 6.61 Å². The van der Waals surface area contributed by atoms with Crippen molar-refractivity contribution in [2.24, 2.45) is 0 Å². The standard InChI is InChI=1S/C18H34O6/c1-5-7-11-20-13-18(9-10-19)15(21-12-8-6-2)14-16(24-18)23-17(3,4)22-14/h14-16,19H,5-13H2,1-4H3/t14?,15?,16-,18+/m0/s1. The van der Waals surface area contributed by atoms with Crippen LogP contribution in [0.3, 0.4) is 0 Å². The van der Waals surface area contributed by atoms with E-state index in [9.17, 15) is 5.11 Å². The fourth-order valence-electron chi connectivity index (χ4n) is 3.32. The van der Waals surface area contributed by atoms with E-state index in [1.54, 1.807) is 0 Å². The average molecular weight is 346 g/mol. The molecule has 2 rings (SSSR count). The van der Waals surface area contributed by atoms with Crippen molar-refractivity contribution in [3.63, 3.8) is 0 Å². The maximum absolute atomic E-state index is 9.58. The summed E-state index contributed by atoms with van der Waals surface area (Å²) < 4.78 is 30.1. The first kappa shape index (κ1) is 20.1. The van der Waals surface area contributed by atoms with Crippen molar-refractivity contribution in [1.82, 2.24) is 0 Å². The third-order valence-corrected chi connectivity index (χ3v) is 4.57. The monoisotopic (exact) mass is 346 g/mol. The van der Waals surface area contributed by atoms with E-state index >= 15 is 0 Å². The summed E-state index contributed by atoms with van der Waals surface area (Å²) >= 11 is 0. The van der Waals surface area contributed by atoms with Crippen molar-refractivity contribution in [3.8, 4) is 0 Å². The van der Waals surface area contributed by atoms with E-state index in [0.717, 1.165) is 25.7 Å². The van der Waals surface area contributed by atoms with Crippen molar-refractivity contribution in [1.29, 1.82) is 0 Å². The van der Waals surface area contributed by atoms with Crippen molar-refractivity contribution < 1.29 is 28.8 Å². The normalized spacial score (nSPS) is 34.6. The Morgan fingerprint density at radius 2 is 1.71 bits per heavy atom. The summed E-state index contributed by atoms with van der Waals surface area (Å²) in [6.45, 7) is 9.72. The average Bonchev–Trinajstić information content (AvgIpc) is 2.95. The summed E-state index contributed by atoms with van der Waals surface area (Å²) in [5, 5.41) is 9.58. The molecule has 1 N–H and O–H groups in total. The van der Waals surface area contributed by atoms with E-state index in [2.05, 4.69) is 13.8 Å². The molecule has 0 aromatic heterocycles. The van der Waals surface area contributed by atoms with E-state index in [-0.39, 0.29) is 18.8 Å². The van der Waals surface area contributed by atoms with Crippen LogP contribution in [0.15, 0.2) is 0 Å². The second-order valence-electron chi connectivity index (χ2n) is 7.18. The van der Waals surface area contributed by atoms with Gasteiger partial charge in [-0.2, -0.15) is 0 Å². The van der Waals surface area contributed by atoms with Gasteiger partial charge in [0.2, 0.25) is 0 Å². The molecule has 2 saturated heterocycles. The van der Waals surface area contributed by atoms with Crippen molar-refractivity contribution >= 4 is 0 Å². The zero-order chi connectivity index (χ0) is 17.6. The number of fused-ring (bicyclic) bond motifs is 1. The van der Waals surface area contributed by atoms with Crippen molar-refractivity contribution in [3.05, 3.63) is 0 Å². The number of hydrogen-bond donors (Lipinski definition) is 1. The number of unbranched alkanes of at least 4 members (excludes halogenated alkanes) is 2. The molecular formula is C18H34O6. The van der Waals surface area contributed by atoms with Crippen LogP contribution in [0.1, 0.15) is 59.8 Å². The molecule has 0 amide bonds. The van der Waals surface area contributed by atoms with Gasteiger partial charge in [0.1, 0.15) is 17.8 Å². The Balaban J connectivity index is 2.09. The molecule has 142 valence electrons. The second-order valence-corrected chi connectivity index (χ2v) is 7.18. The van der Waals surface area contributed by atoms with E-state index < -0.39 is 17.7 Å². The fraction of sp³-hybridized carbons (Fsp3) is 1.00. The Morgan fingerprint density at radius 3 is 2.38 bits per heavy atom. The largest absolute Gasteiger partial charge is 0.396 e. The maximum atomic E-state index is 9.58. The maximum Gasteiger partial charge on any atom is 0.190 e. The molecule has 0 aromatic carbocycles. The van der Waals surface area contributed by atoms with Crippen LogP contribution in [0, 0.1) is 0 Å². The lowest BCUT2D eigenvalue weighted by atomic mass is 9.92. The smallest absolute Gasteiger partial charge is 0.190 e. The highest BCUT2D eigenvalue weighted by molar-refractivity contribution is 5.04. The number of rotatable bonds is 11. The van der Waals surface area contributed by atoms with Gasteiger partial charge in [-0.3, -0.25) is 0 Å². The number of ether oxygens (including phenoxy) is 5.